The fourth-order valence-corrected chi connectivity index (χ4v) is 4.52. The van der Waals surface area contributed by atoms with E-state index in [9.17, 15) is 27.6 Å². The lowest BCUT2D eigenvalue weighted by Crippen LogP contribution is -2.22. The van der Waals surface area contributed by atoms with Gasteiger partial charge in [0.05, 0.1) is 11.7 Å². The van der Waals surface area contributed by atoms with Crippen molar-refractivity contribution in [1.82, 2.24) is 4.57 Å². The van der Waals surface area contributed by atoms with Gasteiger partial charge in [-0.1, -0.05) is 18.2 Å². The van der Waals surface area contributed by atoms with Crippen LogP contribution in [0.4, 0.5) is 18.9 Å². The molecule has 1 saturated heterocycles. The second-order valence-electron chi connectivity index (χ2n) is 9.44. The highest BCUT2D eigenvalue weighted by Gasteiger charge is 2.30. The molecule has 1 aromatic heterocycles. The quantitative estimate of drug-likeness (QED) is 0.266. The molecule has 2 aromatic carbocycles. The highest BCUT2D eigenvalue weighted by Crippen LogP contribution is 2.30. The number of nitrogens with zero attached hydrogens (tertiary/aromatic N) is 1. The van der Waals surface area contributed by atoms with Crippen LogP contribution in [0.5, 0.6) is 5.75 Å². The van der Waals surface area contributed by atoms with E-state index in [2.05, 4.69) is 5.32 Å². The van der Waals surface area contributed by atoms with Crippen LogP contribution in [0.3, 0.4) is 0 Å². The minimum atomic E-state index is -4.55. The maximum Gasteiger partial charge on any atom is 0.416 e. The van der Waals surface area contributed by atoms with Gasteiger partial charge in [-0.2, -0.15) is 13.2 Å². The Hall–Kier alpha value is -4.12. The van der Waals surface area contributed by atoms with Gasteiger partial charge in [-0.3, -0.25) is 9.59 Å². The molecule has 1 aliphatic rings. The van der Waals surface area contributed by atoms with Gasteiger partial charge in [0.1, 0.15) is 11.3 Å². The Morgan fingerprint density at radius 2 is 1.80 bits per heavy atom. The number of hydrogen-bond donors (Lipinski definition) is 1. The number of anilines is 1. The highest BCUT2D eigenvalue weighted by atomic mass is 19.4. The fraction of sp³-hybridized carbons (Fsp3) is 0.345. The smallest absolute Gasteiger partial charge is 0.416 e. The lowest BCUT2D eigenvalue weighted by molar-refractivity contribution is -0.137. The fourth-order valence-electron chi connectivity index (χ4n) is 4.52. The first-order valence-electron chi connectivity index (χ1n) is 12.7. The van der Waals surface area contributed by atoms with E-state index in [1.165, 1.54) is 24.3 Å². The SMILES string of the molecule is Cc1cc(C(=O)COC(=O)c2ccccc2OCC(=O)Nc2cccc(C(F)(F)F)c2)c(C)n1C[C@H]1CCCO1. The van der Waals surface area contributed by atoms with Crippen LogP contribution in [-0.4, -0.2) is 48.2 Å². The van der Waals surface area contributed by atoms with E-state index >= 15 is 0 Å². The van der Waals surface area contributed by atoms with E-state index in [0.717, 1.165) is 43.0 Å². The number of carbonyl (C=O) groups excluding carboxylic acids is 3. The molecule has 1 N–H and O–H groups in total. The maximum atomic E-state index is 12.9. The Kier molecular flexibility index (Phi) is 8.93. The number of ether oxygens (including phenoxy) is 3. The van der Waals surface area contributed by atoms with E-state index in [4.69, 9.17) is 14.2 Å². The van der Waals surface area contributed by atoms with E-state index < -0.39 is 36.8 Å². The molecule has 2 heterocycles. The summed E-state index contributed by atoms with van der Waals surface area (Å²) in [5.74, 6) is -1.89. The molecule has 1 amide bonds. The maximum absolute atomic E-state index is 12.9. The van der Waals surface area contributed by atoms with Crippen molar-refractivity contribution < 1.29 is 41.8 Å². The van der Waals surface area contributed by atoms with E-state index in [1.54, 1.807) is 18.2 Å². The number of rotatable bonds is 10. The number of hydrogen-bond acceptors (Lipinski definition) is 6. The van der Waals surface area contributed by atoms with Crippen molar-refractivity contribution in [1.29, 1.82) is 0 Å². The minimum Gasteiger partial charge on any atom is -0.483 e. The van der Waals surface area contributed by atoms with Gasteiger partial charge in [-0.25, -0.2) is 4.79 Å². The first-order chi connectivity index (χ1) is 19.0. The highest BCUT2D eigenvalue weighted by molar-refractivity contribution is 6.01. The minimum absolute atomic E-state index is 0.00831. The van der Waals surface area contributed by atoms with Crippen LogP contribution in [0.25, 0.3) is 0 Å². The molecule has 1 fully saturated rings. The zero-order chi connectivity index (χ0) is 28.9. The summed E-state index contributed by atoms with van der Waals surface area (Å²) in [6, 6.07) is 11.9. The molecule has 40 heavy (non-hydrogen) atoms. The van der Waals surface area contributed by atoms with Gasteiger partial charge in [-0.15, -0.1) is 0 Å². The van der Waals surface area contributed by atoms with Crippen molar-refractivity contribution in [2.24, 2.45) is 0 Å². The summed E-state index contributed by atoms with van der Waals surface area (Å²) in [4.78, 5) is 37.9. The Bertz CT molecular complexity index is 1390. The van der Waals surface area contributed by atoms with Crippen molar-refractivity contribution in [2.75, 3.05) is 25.1 Å². The van der Waals surface area contributed by atoms with Gasteiger partial charge in [-0.05, 0) is 63.1 Å². The molecule has 11 heteroatoms. The molecule has 0 bridgehead atoms. The van der Waals surface area contributed by atoms with Gasteiger partial charge in [0.15, 0.2) is 13.2 Å². The molecular weight excluding hydrogens is 529 g/mol. The number of alkyl halides is 3. The van der Waals surface area contributed by atoms with Crippen LogP contribution < -0.4 is 10.1 Å². The summed E-state index contributed by atoms with van der Waals surface area (Å²) in [6.45, 7) is 4.06. The Labute approximate surface area is 229 Å². The van der Waals surface area contributed by atoms with Gasteiger partial charge in [0.25, 0.3) is 5.91 Å². The Morgan fingerprint density at radius 3 is 2.52 bits per heavy atom. The van der Waals surface area contributed by atoms with Crippen molar-refractivity contribution in [3.05, 3.63) is 82.7 Å². The third kappa shape index (κ3) is 7.09. The van der Waals surface area contributed by atoms with Crippen molar-refractivity contribution >= 4 is 23.3 Å². The van der Waals surface area contributed by atoms with Crippen LogP contribution in [0.1, 0.15) is 50.5 Å². The molecule has 1 atom stereocenters. The number of ketones is 1. The number of halogens is 3. The summed E-state index contributed by atoms with van der Waals surface area (Å²) < 4.78 is 57.2. The number of aromatic nitrogens is 1. The molecule has 0 aliphatic carbocycles. The topological polar surface area (TPSA) is 95.9 Å². The van der Waals surface area contributed by atoms with Crippen LogP contribution >= 0.6 is 0 Å². The monoisotopic (exact) mass is 558 g/mol. The van der Waals surface area contributed by atoms with Crippen molar-refractivity contribution in [3.63, 3.8) is 0 Å². The Balaban J connectivity index is 1.34. The number of Topliss-reactive ketones (excluding diaryl/α,β-unsaturated/α-hetero) is 1. The zero-order valence-electron chi connectivity index (χ0n) is 22.0. The lowest BCUT2D eigenvalue weighted by atomic mass is 10.1. The third-order valence-electron chi connectivity index (χ3n) is 6.56. The molecule has 0 unspecified atom stereocenters. The molecule has 4 rings (SSSR count). The summed E-state index contributed by atoms with van der Waals surface area (Å²) in [5, 5.41) is 2.33. The first-order valence-corrected chi connectivity index (χ1v) is 12.7. The zero-order valence-corrected chi connectivity index (χ0v) is 22.0. The van der Waals surface area contributed by atoms with E-state index in [0.29, 0.717) is 12.1 Å². The van der Waals surface area contributed by atoms with Crippen LogP contribution in [0, 0.1) is 13.8 Å². The number of nitrogens with one attached hydrogen (secondary N) is 1. The predicted molar refractivity (Wildman–Crippen MR) is 140 cm³/mol. The molecule has 8 nitrogen and oxygen atoms in total. The molecular formula is C29H29F3N2O6. The van der Waals surface area contributed by atoms with Crippen LogP contribution in [0.15, 0.2) is 54.6 Å². The second kappa shape index (κ2) is 12.4. The van der Waals surface area contributed by atoms with Crippen molar-refractivity contribution in [3.8, 4) is 5.75 Å². The van der Waals surface area contributed by atoms with Crippen molar-refractivity contribution in [2.45, 2.75) is 45.5 Å². The molecule has 3 aromatic rings. The summed E-state index contributed by atoms with van der Waals surface area (Å²) in [6.07, 6.45) is -2.47. The summed E-state index contributed by atoms with van der Waals surface area (Å²) in [7, 11) is 0. The van der Waals surface area contributed by atoms with E-state index in [-0.39, 0.29) is 28.9 Å². The third-order valence-corrected chi connectivity index (χ3v) is 6.56. The largest absolute Gasteiger partial charge is 0.483 e. The number of benzene rings is 2. The number of aryl methyl sites for hydroxylation is 1. The predicted octanol–water partition coefficient (Wildman–Crippen LogP) is 5.36. The second-order valence-corrected chi connectivity index (χ2v) is 9.44. The average Bonchev–Trinajstić information content (AvgIpc) is 3.54. The Morgan fingerprint density at radius 1 is 1.02 bits per heavy atom. The molecule has 212 valence electrons. The van der Waals surface area contributed by atoms with Crippen LogP contribution in [0.2, 0.25) is 0 Å². The molecule has 0 saturated carbocycles. The first kappa shape index (κ1) is 28.9. The number of esters is 1. The lowest BCUT2D eigenvalue weighted by Gasteiger charge is -2.15. The number of para-hydroxylation sites is 1. The number of carbonyl (C=O) groups is 3. The summed E-state index contributed by atoms with van der Waals surface area (Å²) >= 11 is 0. The van der Waals surface area contributed by atoms with E-state index in [1.807, 2.05) is 18.4 Å². The van der Waals surface area contributed by atoms with Gasteiger partial charge < -0.3 is 24.1 Å². The van der Waals surface area contributed by atoms with Gasteiger partial charge in [0.2, 0.25) is 5.78 Å². The standard InChI is InChI=1S/C29H29F3N2O6/c1-18-13-24(19(2)34(18)15-22-9-6-12-38-22)25(35)16-40-28(37)23-10-3-4-11-26(23)39-17-27(36)33-21-8-5-7-20(14-21)29(30,31)32/h3-5,7-8,10-11,13-14,22H,6,9,12,15-17H2,1-2H3,(H,33,36)/t22-/m1/s1. The summed E-state index contributed by atoms with van der Waals surface area (Å²) in [5.41, 5.74) is 1.17. The van der Waals surface area contributed by atoms with Crippen LogP contribution in [-0.2, 0) is 27.0 Å². The molecule has 0 radical (unpaired) electrons. The molecule has 0 spiro atoms. The normalized spacial score (nSPS) is 15.1. The molecule has 1 aliphatic heterocycles. The van der Waals surface area contributed by atoms with Gasteiger partial charge >= 0.3 is 12.1 Å². The average molecular weight is 559 g/mol. The van der Waals surface area contributed by atoms with Gasteiger partial charge in [0, 0.05) is 35.8 Å². The number of amides is 1.